The highest BCUT2D eigenvalue weighted by Crippen LogP contribution is 2.27. The predicted octanol–water partition coefficient (Wildman–Crippen LogP) is 2.51. The highest BCUT2D eigenvalue weighted by molar-refractivity contribution is 5.96. The van der Waals surface area contributed by atoms with E-state index in [-0.39, 0.29) is 24.2 Å². The van der Waals surface area contributed by atoms with Crippen LogP contribution >= 0.6 is 0 Å². The van der Waals surface area contributed by atoms with E-state index in [1.165, 1.54) is 5.56 Å². The van der Waals surface area contributed by atoms with E-state index < -0.39 is 5.92 Å². The van der Waals surface area contributed by atoms with Gasteiger partial charge in [0, 0.05) is 19.5 Å². The minimum atomic E-state index is -0.415. The Morgan fingerprint density at radius 3 is 2.77 bits per heavy atom. The van der Waals surface area contributed by atoms with Crippen LogP contribution < -0.4 is 10.1 Å². The van der Waals surface area contributed by atoms with E-state index in [4.69, 9.17) is 4.74 Å². The van der Waals surface area contributed by atoms with Crippen molar-refractivity contribution in [2.45, 2.75) is 12.8 Å². The van der Waals surface area contributed by atoms with E-state index in [0.717, 1.165) is 12.0 Å². The van der Waals surface area contributed by atoms with Crippen LogP contribution in [0.3, 0.4) is 0 Å². The average Bonchev–Trinajstić information content (AvgIpc) is 3.39. The summed E-state index contributed by atoms with van der Waals surface area (Å²) in [7, 11) is 1.58. The third-order valence-electron chi connectivity index (χ3n) is 5.18. The number of aromatic nitrogens is 3. The van der Waals surface area contributed by atoms with Crippen molar-refractivity contribution in [2.24, 2.45) is 5.92 Å². The number of methoxy groups -OCH3 is 1. The quantitative estimate of drug-likeness (QED) is 0.629. The lowest BCUT2D eigenvalue weighted by atomic mass is 10.1. The number of rotatable bonds is 7. The Kier molecular flexibility index (Phi) is 5.74. The first-order valence-corrected chi connectivity index (χ1v) is 9.82. The SMILES string of the molecule is COc1ccccc1-c1nc(NC(=O)C2CC(=O)N(CCc3ccccc3)C2)n[nH]1. The molecule has 3 aromatic rings. The molecule has 8 nitrogen and oxygen atoms in total. The number of carbonyl (C=O) groups excluding carboxylic acids is 2. The fourth-order valence-corrected chi connectivity index (χ4v) is 3.56. The number of hydrogen-bond donors (Lipinski definition) is 2. The summed E-state index contributed by atoms with van der Waals surface area (Å²) in [6.07, 6.45) is 0.967. The Hall–Kier alpha value is -3.68. The van der Waals surface area contributed by atoms with E-state index in [1.807, 2.05) is 54.6 Å². The molecule has 2 aromatic carbocycles. The van der Waals surface area contributed by atoms with Crippen LogP contribution in [0.1, 0.15) is 12.0 Å². The van der Waals surface area contributed by atoms with Crippen molar-refractivity contribution in [3.8, 4) is 17.1 Å². The number of likely N-dealkylation sites (tertiary alicyclic amines) is 1. The number of nitrogens with zero attached hydrogens (tertiary/aromatic N) is 3. The van der Waals surface area contributed by atoms with Gasteiger partial charge < -0.3 is 9.64 Å². The molecule has 1 saturated heterocycles. The van der Waals surface area contributed by atoms with Gasteiger partial charge in [-0.25, -0.2) is 0 Å². The van der Waals surface area contributed by atoms with Crippen LogP contribution in [0.5, 0.6) is 5.75 Å². The van der Waals surface area contributed by atoms with Crippen molar-refractivity contribution < 1.29 is 14.3 Å². The maximum atomic E-state index is 12.6. The molecule has 1 aliphatic rings. The topological polar surface area (TPSA) is 100 Å². The Bertz CT molecular complexity index is 1030. The van der Waals surface area contributed by atoms with Crippen molar-refractivity contribution >= 4 is 17.8 Å². The lowest BCUT2D eigenvalue weighted by Gasteiger charge is -2.16. The van der Waals surface area contributed by atoms with E-state index in [1.54, 1.807) is 12.0 Å². The normalized spacial score (nSPS) is 16.0. The fraction of sp³-hybridized carbons (Fsp3) is 0.273. The highest BCUT2D eigenvalue weighted by Gasteiger charge is 2.34. The van der Waals surface area contributed by atoms with Crippen LogP contribution in [-0.2, 0) is 16.0 Å². The smallest absolute Gasteiger partial charge is 0.249 e. The second-order valence-corrected chi connectivity index (χ2v) is 7.17. The van der Waals surface area contributed by atoms with Gasteiger partial charge in [0.2, 0.25) is 17.8 Å². The summed E-state index contributed by atoms with van der Waals surface area (Å²) in [5.74, 6) is 0.654. The molecule has 0 aliphatic carbocycles. The number of H-pyrrole nitrogens is 1. The fourth-order valence-electron chi connectivity index (χ4n) is 3.56. The molecule has 8 heteroatoms. The molecule has 154 valence electrons. The van der Waals surface area contributed by atoms with E-state index in [9.17, 15) is 9.59 Å². The number of para-hydroxylation sites is 1. The van der Waals surface area contributed by atoms with E-state index in [0.29, 0.717) is 24.7 Å². The molecular formula is C22H23N5O3. The molecule has 0 radical (unpaired) electrons. The monoisotopic (exact) mass is 405 g/mol. The summed E-state index contributed by atoms with van der Waals surface area (Å²) in [5, 5.41) is 9.60. The summed E-state index contributed by atoms with van der Waals surface area (Å²) < 4.78 is 5.33. The first-order valence-electron chi connectivity index (χ1n) is 9.82. The molecule has 4 rings (SSSR count). The summed E-state index contributed by atoms with van der Waals surface area (Å²) in [5.41, 5.74) is 1.92. The number of ether oxygens (including phenoxy) is 1. The second kappa shape index (κ2) is 8.77. The number of benzene rings is 2. The number of amides is 2. The van der Waals surface area contributed by atoms with Gasteiger partial charge in [0.25, 0.3) is 0 Å². The van der Waals surface area contributed by atoms with E-state index in [2.05, 4.69) is 20.5 Å². The number of aromatic amines is 1. The van der Waals surface area contributed by atoms with Crippen molar-refractivity contribution in [2.75, 3.05) is 25.5 Å². The number of nitrogens with one attached hydrogen (secondary N) is 2. The third-order valence-corrected chi connectivity index (χ3v) is 5.18. The molecule has 2 amide bonds. The van der Waals surface area contributed by atoms with Crippen molar-refractivity contribution in [1.82, 2.24) is 20.1 Å². The van der Waals surface area contributed by atoms with Crippen LogP contribution in [0.25, 0.3) is 11.4 Å². The Morgan fingerprint density at radius 2 is 1.97 bits per heavy atom. The molecule has 0 bridgehead atoms. The van der Waals surface area contributed by atoms with Gasteiger partial charge in [-0.15, -0.1) is 5.10 Å². The van der Waals surface area contributed by atoms with Gasteiger partial charge in [-0.3, -0.25) is 20.0 Å². The first kappa shape index (κ1) is 19.6. The molecule has 2 heterocycles. The van der Waals surface area contributed by atoms with Crippen LogP contribution in [0.15, 0.2) is 54.6 Å². The summed E-state index contributed by atoms with van der Waals surface area (Å²) in [6.45, 7) is 1.01. The average molecular weight is 405 g/mol. The maximum Gasteiger partial charge on any atom is 0.249 e. The van der Waals surface area contributed by atoms with Crippen LogP contribution in [0.2, 0.25) is 0 Å². The van der Waals surface area contributed by atoms with Gasteiger partial charge in [0.15, 0.2) is 5.82 Å². The largest absolute Gasteiger partial charge is 0.496 e. The molecular weight excluding hydrogens is 382 g/mol. The van der Waals surface area contributed by atoms with Crippen molar-refractivity contribution in [3.05, 3.63) is 60.2 Å². The van der Waals surface area contributed by atoms with Gasteiger partial charge >= 0.3 is 0 Å². The number of anilines is 1. The zero-order valence-corrected chi connectivity index (χ0v) is 16.7. The molecule has 0 saturated carbocycles. The van der Waals surface area contributed by atoms with Crippen LogP contribution in [-0.4, -0.2) is 52.1 Å². The summed E-state index contributed by atoms with van der Waals surface area (Å²) in [6, 6.07) is 17.4. The molecule has 1 aromatic heterocycles. The molecule has 1 unspecified atom stereocenters. The van der Waals surface area contributed by atoms with Gasteiger partial charge in [-0.1, -0.05) is 42.5 Å². The van der Waals surface area contributed by atoms with Crippen LogP contribution in [0.4, 0.5) is 5.95 Å². The standard InChI is InChI=1S/C22H23N5O3/c1-30-18-10-6-5-9-17(18)20-23-22(26-25-20)24-21(29)16-13-19(28)27(14-16)12-11-15-7-3-2-4-8-15/h2-10,16H,11-14H2,1H3,(H2,23,24,25,26,29). The number of hydrogen-bond acceptors (Lipinski definition) is 5. The molecule has 30 heavy (non-hydrogen) atoms. The minimum Gasteiger partial charge on any atom is -0.496 e. The molecule has 1 atom stereocenters. The van der Waals surface area contributed by atoms with Gasteiger partial charge in [-0.05, 0) is 24.1 Å². The summed E-state index contributed by atoms with van der Waals surface area (Å²) in [4.78, 5) is 31.0. The number of carbonyl (C=O) groups is 2. The zero-order chi connectivity index (χ0) is 20.9. The van der Waals surface area contributed by atoms with Gasteiger partial charge in [0.1, 0.15) is 5.75 Å². The Labute approximate surface area is 174 Å². The second-order valence-electron chi connectivity index (χ2n) is 7.17. The van der Waals surface area contributed by atoms with Gasteiger partial charge in [0.05, 0.1) is 18.6 Å². The Morgan fingerprint density at radius 1 is 1.20 bits per heavy atom. The predicted molar refractivity (Wildman–Crippen MR) is 112 cm³/mol. The first-order chi connectivity index (χ1) is 14.6. The maximum absolute atomic E-state index is 12.6. The molecule has 2 N–H and O–H groups in total. The van der Waals surface area contributed by atoms with Gasteiger partial charge in [-0.2, -0.15) is 4.98 Å². The Balaban J connectivity index is 1.35. The van der Waals surface area contributed by atoms with Crippen molar-refractivity contribution in [1.29, 1.82) is 0 Å². The molecule has 0 spiro atoms. The zero-order valence-electron chi connectivity index (χ0n) is 16.7. The highest BCUT2D eigenvalue weighted by atomic mass is 16.5. The minimum absolute atomic E-state index is 0.00391. The van der Waals surface area contributed by atoms with E-state index >= 15 is 0 Å². The third kappa shape index (κ3) is 4.32. The molecule has 1 fully saturated rings. The lowest BCUT2D eigenvalue weighted by molar-refractivity contribution is -0.128. The lowest BCUT2D eigenvalue weighted by Crippen LogP contribution is -2.30. The van der Waals surface area contributed by atoms with Crippen molar-refractivity contribution in [3.63, 3.8) is 0 Å². The molecule has 1 aliphatic heterocycles. The summed E-state index contributed by atoms with van der Waals surface area (Å²) >= 11 is 0. The van der Waals surface area contributed by atoms with Crippen LogP contribution in [0, 0.1) is 5.92 Å².